The Morgan fingerprint density at radius 2 is 2.44 bits per heavy atom. The van der Waals surface area contributed by atoms with Crippen LogP contribution in [-0.4, -0.2) is 23.5 Å². The molecule has 5 heteroatoms. The van der Waals surface area contributed by atoms with E-state index in [1.54, 1.807) is 6.07 Å². The summed E-state index contributed by atoms with van der Waals surface area (Å²) in [5, 5.41) is 11.9. The number of hydrogen-bond donors (Lipinski definition) is 2. The van der Waals surface area contributed by atoms with E-state index in [1.807, 2.05) is 17.8 Å². The Kier molecular flexibility index (Phi) is 4.93. The molecule has 0 spiro atoms. The number of pyridine rings is 1. The van der Waals surface area contributed by atoms with Crippen molar-refractivity contribution in [1.29, 1.82) is 5.26 Å². The van der Waals surface area contributed by atoms with Crippen LogP contribution in [0.15, 0.2) is 12.3 Å². The van der Waals surface area contributed by atoms with Gasteiger partial charge in [-0.15, -0.1) is 0 Å². The minimum absolute atomic E-state index is 0.486. The van der Waals surface area contributed by atoms with E-state index in [4.69, 9.17) is 11.0 Å². The van der Waals surface area contributed by atoms with Crippen LogP contribution in [-0.2, 0) is 0 Å². The number of nitrogen functional groups attached to an aromatic ring is 1. The molecule has 86 valence electrons. The van der Waals surface area contributed by atoms with Crippen molar-refractivity contribution in [3.63, 3.8) is 0 Å². The molecule has 1 atom stereocenters. The van der Waals surface area contributed by atoms with E-state index in [2.05, 4.69) is 23.5 Å². The molecule has 0 radical (unpaired) electrons. The van der Waals surface area contributed by atoms with Gasteiger partial charge in [0.25, 0.3) is 0 Å². The summed E-state index contributed by atoms with van der Waals surface area (Å²) >= 11 is 1.82. The highest BCUT2D eigenvalue weighted by Crippen LogP contribution is 2.16. The Balaban J connectivity index is 2.58. The summed E-state index contributed by atoms with van der Waals surface area (Å²) in [5.41, 5.74) is 6.79. The van der Waals surface area contributed by atoms with Crippen molar-refractivity contribution in [2.24, 2.45) is 5.92 Å². The van der Waals surface area contributed by atoms with Crippen LogP contribution in [0.2, 0.25) is 0 Å². The minimum Gasteiger partial charge on any atom is -0.396 e. The molecule has 0 aromatic carbocycles. The van der Waals surface area contributed by atoms with Crippen molar-refractivity contribution >= 4 is 23.3 Å². The van der Waals surface area contributed by atoms with Gasteiger partial charge in [-0.25, -0.2) is 4.98 Å². The number of nitrogens with one attached hydrogen (secondary N) is 1. The maximum atomic E-state index is 8.67. The van der Waals surface area contributed by atoms with Gasteiger partial charge < -0.3 is 11.1 Å². The first kappa shape index (κ1) is 12.7. The van der Waals surface area contributed by atoms with E-state index in [0.717, 1.165) is 12.3 Å². The molecule has 16 heavy (non-hydrogen) atoms. The Hall–Kier alpha value is -1.41. The van der Waals surface area contributed by atoms with Crippen LogP contribution in [0.5, 0.6) is 0 Å². The van der Waals surface area contributed by atoms with Crippen LogP contribution in [0.3, 0.4) is 0 Å². The predicted molar refractivity (Wildman–Crippen MR) is 69.4 cm³/mol. The first-order chi connectivity index (χ1) is 7.67. The van der Waals surface area contributed by atoms with Gasteiger partial charge in [-0.3, -0.25) is 0 Å². The standard InChI is InChI=1S/C11H16N4S/c1-8(7-16-2)5-14-11-10(13)3-9(4-12)6-15-11/h3,6,8H,5,7,13H2,1-2H3,(H,14,15). The van der Waals surface area contributed by atoms with Crippen molar-refractivity contribution in [1.82, 2.24) is 4.98 Å². The van der Waals surface area contributed by atoms with Crippen molar-refractivity contribution in [3.8, 4) is 6.07 Å². The van der Waals surface area contributed by atoms with E-state index >= 15 is 0 Å². The molecule has 0 saturated carbocycles. The van der Waals surface area contributed by atoms with Crippen LogP contribution in [0.1, 0.15) is 12.5 Å². The molecule has 1 heterocycles. The maximum Gasteiger partial charge on any atom is 0.149 e. The summed E-state index contributed by atoms with van der Waals surface area (Å²) in [6, 6.07) is 3.64. The molecule has 3 N–H and O–H groups in total. The van der Waals surface area contributed by atoms with Gasteiger partial charge in [0.2, 0.25) is 0 Å². The molecule has 0 aliphatic carbocycles. The fourth-order valence-corrected chi connectivity index (χ4v) is 1.99. The zero-order valence-electron chi connectivity index (χ0n) is 9.53. The Morgan fingerprint density at radius 3 is 3.00 bits per heavy atom. The monoisotopic (exact) mass is 236 g/mol. The van der Waals surface area contributed by atoms with Crippen LogP contribution < -0.4 is 11.1 Å². The number of nitrogens with zero attached hydrogens (tertiary/aromatic N) is 2. The lowest BCUT2D eigenvalue weighted by molar-refractivity contribution is 0.700. The van der Waals surface area contributed by atoms with Crippen molar-refractivity contribution < 1.29 is 0 Å². The molecule has 1 unspecified atom stereocenters. The van der Waals surface area contributed by atoms with E-state index in [-0.39, 0.29) is 0 Å². The summed E-state index contributed by atoms with van der Waals surface area (Å²) in [6.45, 7) is 3.01. The molecule has 0 fully saturated rings. The molecule has 0 aliphatic heterocycles. The van der Waals surface area contributed by atoms with Crippen LogP contribution in [0.25, 0.3) is 0 Å². The van der Waals surface area contributed by atoms with Gasteiger partial charge in [-0.2, -0.15) is 17.0 Å². The minimum atomic E-state index is 0.486. The van der Waals surface area contributed by atoms with Gasteiger partial charge in [0.15, 0.2) is 0 Å². The second-order valence-electron chi connectivity index (χ2n) is 3.72. The third kappa shape index (κ3) is 3.63. The number of thioether (sulfide) groups is 1. The highest BCUT2D eigenvalue weighted by molar-refractivity contribution is 7.98. The van der Waals surface area contributed by atoms with Crippen molar-refractivity contribution in [3.05, 3.63) is 17.8 Å². The molecule has 0 amide bonds. The topological polar surface area (TPSA) is 74.7 Å². The number of hydrogen-bond acceptors (Lipinski definition) is 5. The zero-order chi connectivity index (χ0) is 12.0. The predicted octanol–water partition coefficient (Wildman–Crippen LogP) is 1.95. The third-order valence-electron chi connectivity index (χ3n) is 2.12. The smallest absolute Gasteiger partial charge is 0.149 e. The largest absolute Gasteiger partial charge is 0.396 e. The molecule has 4 nitrogen and oxygen atoms in total. The molecular formula is C11H16N4S. The van der Waals surface area contributed by atoms with Gasteiger partial charge in [-0.1, -0.05) is 6.92 Å². The third-order valence-corrected chi connectivity index (χ3v) is 3.02. The SMILES string of the molecule is CSCC(C)CNc1ncc(C#N)cc1N. The number of aromatic nitrogens is 1. The molecule has 0 saturated heterocycles. The lowest BCUT2D eigenvalue weighted by Gasteiger charge is -2.12. The lowest BCUT2D eigenvalue weighted by Crippen LogP contribution is -2.15. The first-order valence-corrected chi connectivity index (χ1v) is 6.45. The summed E-state index contributed by atoms with van der Waals surface area (Å²) < 4.78 is 0. The van der Waals surface area contributed by atoms with Gasteiger partial charge in [0, 0.05) is 12.7 Å². The average Bonchev–Trinajstić information content (AvgIpc) is 2.27. The quantitative estimate of drug-likeness (QED) is 0.817. The Bertz CT molecular complexity index is 386. The molecule has 1 rings (SSSR count). The molecular weight excluding hydrogens is 220 g/mol. The maximum absolute atomic E-state index is 8.67. The van der Waals surface area contributed by atoms with Crippen LogP contribution >= 0.6 is 11.8 Å². The highest BCUT2D eigenvalue weighted by atomic mass is 32.2. The van der Waals surface area contributed by atoms with E-state index in [9.17, 15) is 0 Å². The number of nitriles is 1. The van der Waals surface area contributed by atoms with Crippen LogP contribution in [0, 0.1) is 17.2 Å². The average molecular weight is 236 g/mol. The van der Waals surface area contributed by atoms with E-state index < -0.39 is 0 Å². The number of nitrogens with two attached hydrogens (primary N) is 1. The summed E-state index contributed by atoms with van der Waals surface area (Å²) in [6.07, 6.45) is 3.61. The van der Waals surface area contributed by atoms with Gasteiger partial charge in [0.1, 0.15) is 11.9 Å². The van der Waals surface area contributed by atoms with Crippen molar-refractivity contribution in [2.45, 2.75) is 6.92 Å². The fourth-order valence-electron chi connectivity index (χ4n) is 1.30. The summed E-state index contributed by atoms with van der Waals surface area (Å²) in [5.74, 6) is 2.32. The number of rotatable bonds is 5. The molecule has 0 aliphatic rings. The Labute approximate surface area is 100 Å². The van der Waals surface area contributed by atoms with Crippen molar-refractivity contribution in [2.75, 3.05) is 29.6 Å². The fraction of sp³-hybridized carbons (Fsp3) is 0.455. The second-order valence-corrected chi connectivity index (χ2v) is 4.63. The number of anilines is 2. The second kappa shape index (κ2) is 6.23. The van der Waals surface area contributed by atoms with E-state index in [0.29, 0.717) is 23.0 Å². The highest BCUT2D eigenvalue weighted by Gasteiger charge is 2.05. The molecule has 1 aromatic heterocycles. The van der Waals surface area contributed by atoms with Gasteiger partial charge >= 0.3 is 0 Å². The van der Waals surface area contributed by atoms with E-state index in [1.165, 1.54) is 6.20 Å². The molecule has 0 bridgehead atoms. The zero-order valence-corrected chi connectivity index (χ0v) is 10.3. The lowest BCUT2D eigenvalue weighted by atomic mass is 10.2. The summed E-state index contributed by atoms with van der Waals surface area (Å²) in [7, 11) is 0. The van der Waals surface area contributed by atoms with Gasteiger partial charge in [-0.05, 0) is 24.0 Å². The van der Waals surface area contributed by atoms with Crippen LogP contribution in [0.4, 0.5) is 11.5 Å². The normalized spacial score (nSPS) is 11.8. The Morgan fingerprint density at radius 1 is 1.69 bits per heavy atom. The molecule has 1 aromatic rings. The first-order valence-electron chi connectivity index (χ1n) is 5.05. The van der Waals surface area contributed by atoms with Gasteiger partial charge in [0.05, 0.1) is 11.3 Å². The summed E-state index contributed by atoms with van der Waals surface area (Å²) in [4.78, 5) is 4.12.